The number of rotatable bonds is 6. The fourth-order valence-electron chi connectivity index (χ4n) is 1.89. The van der Waals surface area contributed by atoms with Crippen LogP contribution in [0.15, 0.2) is 29.2 Å². The summed E-state index contributed by atoms with van der Waals surface area (Å²) in [5, 5.41) is 9.74. The van der Waals surface area contributed by atoms with Crippen molar-refractivity contribution in [1.29, 1.82) is 0 Å². The van der Waals surface area contributed by atoms with Gasteiger partial charge in [-0.05, 0) is 44.3 Å². The normalized spacial score (nSPS) is 12.1. The van der Waals surface area contributed by atoms with Crippen LogP contribution in [0, 0.1) is 0 Å². The molecule has 1 rings (SSSR count). The van der Waals surface area contributed by atoms with Crippen LogP contribution < -0.4 is 0 Å². The van der Waals surface area contributed by atoms with Crippen molar-refractivity contribution in [2.24, 2.45) is 0 Å². The van der Waals surface area contributed by atoms with Crippen molar-refractivity contribution in [2.45, 2.75) is 37.8 Å². The van der Waals surface area contributed by atoms with Gasteiger partial charge in [0.15, 0.2) is 0 Å². The van der Waals surface area contributed by atoms with Crippen LogP contribution in [-0.4, -0.2) is 35.0 Å². The van der Waals surface area contributed by atoms with Crippen LogP contribution in [0.5, 0.6) is 0 Å². The number of thioether (sulfide) groups is 1. The van der Waals surface area contributed by atoms with Gasteiger partial charge in [-0.1, -0.05) is 19.1 Å². The lowest BCUT2D eigenvalue weighted by Crippen LogP contribution is -2.35. The van der Waals surface area contributed by atoms with E-state index in [1.165, 1.54) is 10.5 Å². The zero-order valence-electron chi connectivity index (χ0n) is 11.2. The first-order valence-corrected chi connectivity index (χ1v) is 7.02. The summed E-state index contributed by atoms with van der Waals surface area (Å²) < 4.78 is 0. The van der Waals surface area contributed by atoms with Crippen LogP contribution in [-0.2, 0) is 6.54 Å². The van der Waals surface area contributed by atoms with Crippen LogP contribution in [0.4, 0.5) is 0 Å². The molecule has 96 valence electrons. The third-order valence-corrected chi connectivity index (χ3v) is 3.24. The highest BCUT2D eigenvalue weighted by molar-refractivity contribution is 7.99. The summed E-state index contributed by atoms with van der Waals surface area (Å²) in [5.41, 5.74) is 0.657. The lowest BCUT2D eigenvalue weighted by Gasteiger charge is -2.25. The van der Waals surface area contributed by atoms with E-state index in [2.05, 4.69) is 36.1 Å². The molecule has 17 heavy (non-hydrogen) atoms. The second kappa shape index (κ2) is 6.43. The van der Waals surface area contributed by atoms with Crippen molar-refractivity contribution in [3.8, 4) is 0 Å². The van der Waals surface area contributed by atoms with Gasteiger partial charge in [-0.2, -0.15) is 0 Å². The second-order valence-corrected chi connectivity index (χ2v) is 6.40. The van der Waals surface area contributed by atoms with Gasteiger partial charge in [-0.25, -0.2) is 0 Å². The van der Waals surface area contributed by atoms with E-state index in [9.17, 15) is 5.11 Å². The smallest absolute Gasteiger partial charge is 0.0718 e. The molecule has 0 bridgehead atoms. The Bertz CT molecular complexity index is 329. The third-order valence-electron chi connectivity index (χ3n) is 2.34. The van der Waals surface area contributed by atoms with Crippen LogP contribution in [0.3, 0.4) is 0 Å². The van der Waals surface area contributed by atoms with Gasteiger partial charge in [-0.3, -0.25) is 4.90 Å². The molecule has 0 aromatic heterocycles. The standard InChI is InChI=1S/C14H23NOS/c1-5-17-13-8-6-12(7-9-13)10-15(4)11-14(2,3)16/h6-9,16H,5,10-11H2,1-4H3. The molecule has 0 aliphatic carbocycles. The van der Waals surface area contributed by atoms with E-state index < -0.39 is 5.60 Å². The number of likely N-dealkylation sites (N-methyl/N-ethyl adjacent to an activating group) is 1. The zero-order chi connectivity index (χ0) is 12.9. The molecule has 0 aliphatic rings. The maximum Gasteiger partial charge on any atom is 0.0718 e. The Balaban J connectivity index is 2.51. The van der Waals surface area contributed by atoms with Crippen molar-refractivity contribution in [2.75, 3.05) is 19.3 Å². The molecule has 0 unspecified atom stereocenters. The largest absolute Gasteiger partial charge is 0.389 e. The molecule has 0 aliphatic heterocycles. The Morgan fingerprint density at radius 2 is 1.82 bits per heavy atom. The molecule has 1 aromatic rings. The van der Waals surface area contributed by atoms with Crippen LogP contribution >= 0.6 is 11.8 Å². The summed E-state index contributed by atoms with van der Waals surface area (Å²) in [5.74, 6) is 1.11. The molecule has 0 fully saturated rings. The van der Waals surface area contributed by atoms with Crippen molar-refractivity contribution in [3.05, 3.63) is 29.8 Å². The molecule has 0 spiro atoms. The zero-order valence-corrected chi connectivity index (χ0v) is 12.0. The summed E-state index contributed by atoms with van der Waals surface area (Å²) in [6.45, 7) is 7.39. The lowest BCUT2D eigenvalue weighted by molar-refractivity contribution is 0.0425. The van der Waals surface area contributed by atoms with E-state index in [-0.39, 0.29) is 0 Å². The molecule has 0 saturated heterocycles. The highest BCUT2D eigenvalue weighted by Crippen LogP contribution is 2.18. The van der Waals surface area contributed by atoms with Gasteiger partial charge >= 0.3 is 0 Å². The van der Waals surface area contributed by atoms with Crippen molar-refractivity contribution >= 4 is 11.8 Å². The number of hydrogen-bond acceptors (Lipinski definition) is 3. The van der Waals surface area contributed by atoms with Crippen molar-refractivity contribution in [1.82, 2.24) is 4.90 Å². The second-order valence-electron chi connectivity index (χ2n) is 5.06. The minimum atomic E-state index is -0.632. The molecule has 3 heteroatoms. The molecule has 0 amide bonds. The average molecular weight is 253 g/mol. The summed E-state index contributed by atoms with van der Waals surface area (Å²) in [6.07, 6.45) is 0. The quantitative estimate of drug-likeness (QED) is 0.788. The van der Waals surface area contributed by atoms with E-state index in [0.717, 1.165) is 12.3 Å². The lowest BCUT2D eigenvalue weighted by atomic mass is 10.1. The first-order chi connectivity index (χ1) is 7.90. The van der Waals surface area contributed by atoms with Crippen LogP contribution in [0.25, 0.3) is 0 Å². The van der Waals surface area contributed by atoms with E-state index in [0.29, 0.717) is 6.54 Å². The Hall–Kier alpha value is -0.510. The van der Waals surface area contributed by atoms with E-state index in [4.69, 9.17) is 0 Å². The van der Waals surface area contributed by atoms with Crippen LogP contribution in [0.2, 0.25) is 0 Å². The molecular weight excluding hydrogens is 230 g/mol. The van der Waals surface area contributed by atoms with Crippen molar-refractivity contribution in [3.63, 3.8) is 0 Å². The molecule has 0 atom stereocenters. The molecule has 0 radical (unpaired) electrons. The number of aliphatic hydroxyl groups is 1. The minimum absolute atomic E-state index is 0.632. The van der Waals surface area contributed by atoms with E-state index in [1.54, 1.807) is 0 Å². The Morgan fingerprint density at radius 1 is 1.24 bits per heavy atom. The summed E-state index contributed by atoms with van der Waals surface area (Å²) >= 11 is 1.86. The maximum absolute atomic E-state index is 9.74. The first kappa shape index (κ1) is 14.6. The molecule has 0 saturated carbocycles. The fraction of sp³-hybridized carbons (Fsp3) is 0.571. The Labute approximate surface area is 109 Å². The summed E-state index contributed by atoms with van der Waals surface area (Å²) in [7, 11) is 2.03. The van der Waals surface area contributed by atoms with Crippen molar-refractivity contribution < 1.29 is 5.11 Å². The van der Waals surface area contributed by atoms with Gasteiger partial charge < -0.3 is 5.11 Å². The number of nitrogens with zero attached hydrogens (tertiary/aromatic N) is 1. The van der Waals surface area contributed by atoms with Gasteiger partial charge in [0.2, 0.25) is 0 Å². The average Bonchev–Trinajstić information content (AvgIpc) is 2.18. The highest BCUT2D eigenvalue weighted by Gasteiger charge is 2.15. The molecule has 1 aromatic carbocycles. The Morgan fingerprint density at radius 3 is 2.29 bits per heavy atom. The first-order valence-electron chi connectivity index (χ1n) is 6.03. The van der Waals surface area contributed by atoms with Gasteiger partial charge in [0.1, 0.15) is 0 Å². The predicted molar refractivity (Wildman–Crippen MR) is 75.5 cm³/mol. The molecule has 0 heterocycles. The SMILES string of the molecule is CCSc1ccc(CN(C)CC(C)(C)O)cc1. The molecular formula is C14H23NOS. The Kier molecular flexibility index (Phi) is 5.50. The summed E-state index contributed by atoms with van der Waals surface area (Å²) in [6, 6.07) is 8.67. The van der Waals surface area contributed by atoms with E-state index in [1.807, 2.05) is 32.7 Å². The highest BCUT2D eigenvalue weighted by atomic mass is 32.2. The van der Waals surface area contributed by atoms with E-state index >= 15 is 0 Å². The summed E-state index contributed by atoms with van der Waals surface area (Å²) in [4.78, 5) is 3.46. The van der Waals surface area contributed by atoms with Gasteiger partial charge in [0.25, 0.3) is 0 Å². The predicted octanol–water partition coefficient (Wildman–Crippen LogP) is 3.00. The third kappa shape index (κ3) is 6.10. The molecule has 2 nitrogen and oxygen atoms in total. The molecule has 1 N–H and O–H groups in total. The van der Waals surface area contributed by atoms with Gasteiger partial charge in [-0.15, -0.1) is 11.8 Å². The minimum Gasteiger partial charge on any atom is -0.389 e. The number of hydrogen-bond donors (Lipinski definition) is 1. The monoisotopic (exact) mass is 253 g/mol. The fourth-order valence-corrected chi connectivity index (χ4v) is 2.55. The topological polar surface area (TPSA) is 23.5 Å². The maximum atomic E-state index is 9.74. The van der Waals surface area contributed by atoms with Gasteiger partial charge in [0, 0.05) is 18.0 Å². The number of benzene rings is 1. The van der Waals surface area contributed by atoms with Crippen LogP contribution in [0.1, 0.15) is 26.3 Å². The van der Waals surface area contributed by atoms with Gasteiger partial charge in [0.05, 0.1) is 5.60 Å².